The van der Waals surface area contributed by atoms with Gasteiger partial charge < -0.3 is 0 Å². The molecule has 108 valence electrons. The van der Waals surface area contributed by atoms with Crippen LogP contribution in [0.15, 0.2) is 16.2 Å². The quantitative estimate of drug-likeness (QED) is 0.872. The van der Waals surface area contributed by atoms with E-state index in [4.69, 9.17) is 0 Å². The van der Waals surface area contributed by atoms with Crippen LogP contribution < -0.4 is 5.56 Å². The average Bonchev–Trinajstić information content (AvgIpc) is 2.81. The fraction of sp³-hybridized carbons (Fsp3) is 0.600. The average molecular weight is 291 g/mol. The van der Waals surface area contributed by atoms with Gasteiger partial charge in [-0.05, 0) is 26.8 Å². The molecular formula is C15H21N3OS. The highest BCUT2D eigenvalue weighted by Gasteiger charge is 2.19. The van der Waals surface area contributed by atoms with Gasteiger partial charge in [0, 0.05) is 29.7 Å². The summed E-state index contributed by atoms with van der Waals surface area (Å²) in [5.74, 6) is 0. The van der Waals surface area contributed by atoms with Crippen LogP contribution in [0.5, 0.6) is 0 Å². The van der Waals surface area contributed by atoms with Crippen LogP contribution in [0.25, 0.3) is 4.96 Å². The SMILES string of the molecule is Cc1csc2nc(CN(C)C3CCCCC3)cc(=O)n12. The Morgan fingerprint density at radius 3 is 2.90 bits per heavy atom. The number of aryl methyl sites for hydroxylation is 1. The van der Waals surface area contributed by atoms with E-state index in [9.17, 15) is 4.79 Å². The van der Waals surface area contributed by atoms with Crippen LogP contribution >= 0.6 is 11.3 Å². The minimum atomic E-state index is 0.0424. The number of thiazole rings is 1. The Hall–Kier alpha value is -1.20. The molecule has 4 nitrogen and oxygen atoms in total. The zero-order valence-corrected chi connectivity index (χ0v) is 12.9. The first-order valence-electron chi connectivity index (χ1n) is 7.32. The summed E-state index contributed by atoms with van der Waals surface area (Å²) in [6.07, 6.45) is 6.57. The van der Waals surface area contributed by atoms with Crippen molar-refractivity contribution in [1.29, 1.82) is 0 Å². The van der Waals surface area contributed by atoms with Gasteiger partial charge in [0.1, 0.15) is 0 Å². The van der Waals surface area contributed by atoms with Crippen LogP contribution in [0.1, 0.15) is 43.5 Å². The first kappa shape index (κ1) is 13.8. The first-order chi connectivity index (χ1) is 9.65. The van der Waals surface area contributed by atoms with Gasteiger partial charge in [-0.15, -0.1) is 11.3 Å². The van der Waals surface area contributed by atoms with Crippen molar-refractivity contribution in [3.05, 3.63) is 33.2 Å². The van der Waals surface area contributed by atoms with Gasteiger partial charge in [-0.25, -0.2) is 4.98 Å². The molecule has 2 aromatic rings. The zero-order valence-electron chi connectivity index (χ0n) is 12.1. The minimum Gasteiger partial charge on any atom is -0.298 e. The highest BCUT2D eigenvalue weighted by atomic mass is 32.1. The van der Waals surface area contributed by atoms with E-state index in [0.29, 0.717) is 6.04 Å². The molecule has 1 aliphatic rings. The summed E-state index contributed by atoms with van der Waals surface area (Å²) >= 11 is 1.54. The molecule has 1 aliphatic carbocycles. The van der Waals surface area contributed by atoms with Crippen LogP contribution in [0, 0.1) is 6.92 Å². The number of hydrogen-bond donors (Lipinski definition) is 0. The lowest BCUT2D eigenvalue weighted by Crippen LogP contribution is -2.33. The smallest absolute Gasteiger partial charge is 0.259 e. The van der Waals surface area contributed by atoms with Gasteiger partial charge in [0.2, 0.25) is 0 Å². The van der Waals surface area contributed by atoms with E-state index in [-0.39, 0.29) is 5.56 Å². The lowest BCUT2D eigenvalue weighted by Gasteiger charge is -2.30. The Balaban J connectivity index is 1.82. The van der Waals surface area contributed by atoms with Crippen molar-refractivity contribution in [1.82, 2.24) is 14.3 Å². The van der Waals surface area contributed by atoms with Crippen molar-refractivity contribution in [2.75, 3.05) is 7.05 Å². The maximum atomic E-state index is 12.2. The fourth-order valence-electron chi connectivity index (χ4n) is 3.09. The van der Waals surface area contributed by atoms with Crippen molar-refractivity contribution in [2.45, 2.75) is 51.6 Å². The number of aromatic nitrogens is 2. The van der Waals surface area contributed by atoms with Crippen LogP contribution in [0.3, 0.4) is 0 Å². The second-order valence-corrected chi connectivity index (χ2v) is 6.62. The summed E-state index contributed by atoms with van der Waals surface area (Å²) in [5, 5.41) is 1.98. The molecular weight excluding hydrogens is 270 g/mol. The van der Waals surface area contributed by atoms with Crippen LogP contribution in [-0.4, -0.2) is 27.4 Å². The third kappa shape index (κ3) is 2.65. The lowest BCUT2D eigenvalue weighted by molar-refractivity contribution is 0.183. The van der Waals surface area contributed by atoms with E-state index in [1.54, 1.807) is 10.5 Å². The van der Waals surface area contributed by atoms with Gasteiger partial charge in [-0.3, -0.25) is 14.1 Å². The van der Waals surface area contributed by atoms with Crippen LogP contribution in [0.4, 0.5) is 0 Å². The monoisotopic (exact) mass is 291 g/mol. The third-order valence-electron chi connectivity index (χ3n) is 4.24. The molecule has 0 N–H and O–H groups in total. The lowest BCUT2D eigenvalue weighted by atomic mass is 9.94. The summed E-state index contributed by atoms with van der Waals surface area (Å²) < 4.78 is 1.69. The second-order valence-electron chi connectivity index (χ2n) is 5.79. The van der Waals surface area contributed by atoms with E-state index < -0.39 is 0 Å². The standard InChI is InChI=1S/C15H21N3OS/c1-11-10-20-15-16-12(8-14(19)18(11)15)9-17(2)13-6-4-3-5-7-13/h8,10,13H,3-7,9H2,1-2H3. The van der Waals surface area contributed by atoms with E-state index >= 15 is 0 Å². The Bertz CT molecular complexity index is 655. The summed E-state index contributed by atoms with van der Waals surface area (Å²) in [6.45, 7) is 2.72. The zero-order chi connectivity index (χ0) is 14.1. The molecule has 0 unspecified atom stereocenters. The number of nitrogens with zero attached hydrogens (tertiary/aromatic N) is 3. The molecule has 0 aliphatic heterocycles. The molecule has 5 heteroatoms. The molecule has 3 rings (SSSR count). The van der Waals surface area contributed by atoms with Gasteiger partial charge in [0.05, 0.1) is 5.69 Å². The van der Waals surface area contributed by atoms with Crippen molar-refractivity contribution in [2.24, 2.45) is 0 Å². The summed E-state index contributed by atoms with van der Waals surface area (Å²) in [4.78, 5) is 19.9. The summed E-state index contributed by atoms with van der Waals surface area (Å²) in [7, 11) is 2.15. The van der Waals surface area contributed by atoms with Crippen molar-refractivity contribution in [3.8, 4) is 0 Å². The molecule has 0 atom stereocenters. The van der Waals surface area contributed by atoms with Gasteiger partial charge in [-0.2, -0.15) is 0 Å². The maximum absolute atomic E-state index is 12.2. The number of fused-ring (bicyclic) bond motifs is 1. The van der Waals surface area contributed by atoms with Gasteiger partial charge in [0.25, 0.3) is 5.56 Å². The molecule has 0 radical (unpaired) electrons. The van der Waals surface area contributed by atoms with E-state index in [2.05, 4.69) is 16.9 Å². The Morgan fingerprint density at radius 2 is 2.15 bits per heavy atom. The Morgan fingerprint density at radius 1 is 1.40 bits per heavy atom. The molecule has 0 bridgehead atoms. The Kier molecular flexibility index (Phi) is 3.89. The molecule has 1 fully saturated rings. The molecule has 0 aromatic carbocycles. The third-order valence-corrected chi connectivity index (χ3v) is 5.18. The molecule has 20 heavy (non-hydrogen) atoms. The first-order valence-corrected chi connectivity index (χ1v) is 8.20. The second kappa shape index (κ2) is 5.66. The molecule has 0 spiro atoms. The van der Waals surface area contributed by atoms with Crippen molar-refractivity contribution in [3.63, 3.8) is 0 Å². The number of hydrogen-bond acceptors (Lipinski definition) is 4. The highest BCUT2D eigenvalue weighted by Crippen LogP contribution is 2.22. The predicted molar refractivity (Wildman–Crippen MR) is 82.4 cm³/mol. The summed E-state index contributed by atoms with van der Waals surface area (Å²) in [6, 6.07) is 2.33. The summed E-state index contributed by atoms with van der Waals surface area (Å²) in [5.41, 5.74) is 1.90. The molecule has 2 heterocycles. The predicted octanol–water partition coefficient (Wildman–Crippen LogP) is 2.83. The van der Waals surface area contributed by atoms with E-state index in [1.165, 1.54) is 43.4 Å². The minimum absolute atomic E-state index is 0.0424. The van der Waals surface area contributed by atoms with Gasteiger partial charge in [-0.1, -0.05) is 19.3 Å². The topological polar surface area (TPSA) is 37.6 Å². The van der Waals surface area contributed by atoms with Crippen molar-refractivity contribution >= 4 is 16.3 Å². The highest BCUT2D eigenvalue weighted by molar-refractivity contribution is 7.15. The normalized spacial score (nSPS) is 17.1. The molecule has 0 saturated heterocycles. The van der Waals surface area contributed by atoms with Crippen molar-refractivity contribution < 1.29 is 0 Å². The van der Waals surface area contributed by atoms with E-state index in [1.807, 2.05) is 12.3 Å². The molecule has 1 saturated carbocycles. The molecule has 0 amide bonds. The largest absolute Gasteiger partial charge is 0.298 e. The number of rotatable bonds is 3. The van der Waals surface area contributed by atoms with Crippen LogP contribution in [-0.2, 0) is 6.54 Å². The van der Waals surface area contributed by atoms with Gasteiger partial charge in [0.15, 0.2) is 4.96 Å². The van der Waals surface area contributed by atoms with E-state index in [0.717, 1.165) is 22.9 Å². The van der Waals surface area contributed by atoms with Crippen LogP contribution in [0.2, 0.25) is 0 Å². The maximum Gasteiger partial charge on any atom is 0.259 e. The Labute approximate surface area is 123 Å². The van der Waals surface area contributed by atoms with Gasteiger partial charge >= 0.3 is 0 Å². The molecule has 2 aromatic heterocycles. The fourth-order valence-corrected chi connectivity index (χ4v) is 3.98.